The van der Waals surface area contributed by atoms with Gasteiger partial charge in [-0.15, -0.1) is 0 Å². The Bertz CT molecular complexity index is 1040. The van der Waals surface area contributed by atoms with Gasteiger partial charge in [0.1, 0.15) is 11.9 Å². The number of carboxylic acid groups (broad SMARTS) is 1. The van der Waals surface area contributed by atoms with E-state index in [4.69, 9.17) is 15.9 Å². The molecule has 3 rings (SSSR count). The molecule has 10 nitrogen and oxygen atoms in total. The number of nitrogens with two attached hydrogens (primary N) is 2. The molecular formula is C25H34N6O4. The van der Waals surface area contributed by atoms with Crippen LogP contribution < -0.4 is 21.5 Å². The topological polar surface area (TPSA) is 163 Å². The summed E-state index contributed by atoms with van der Waals surface area (Å²) in [4.78, 5) is 24.6. The summed E-state index contributed by atoms with van der Waals surface area (Å²) in [6.07, 6.45) is 10.5. The van der Waals surface area contributed by atoms with Crippen molar-refractivity contribution >= 4 is 29.4 Å². The number of carbonyl (C=O) groups excluding carboxylic acids is 2. The summed E-state index contributed by atoms with van der Waals surface area (Å²) in [5.41, 5.74) is 7.06. The van der Waals surface area contributed by atoms with Crippen LogP contribution in [-0.2, 0) is 4.74 Å². The lowest BCUT2D eigenvalue weighted by atomic mass is 10.0. The number of nitrogens with one attached hydrogen (secondary N) is 2. The second-order valence-corrected chi connectivity index (χ2v) is 8.53. The lowest BCUT2D eigenvalue weighted by Crippen LogP contribution is -2.78. The van der Waals surface area contributed by atoms with Crippen molar-refractivity contribution in [2.75, 3.05) is 31.6 Å². The van der Waals surface area contributed by atoms with E-state index in [-0.39, 0.29) is 17.4 Å². The maximum absolute atomic E-state index is 12.9. The van der Waals surface area contributed by atoms with Gasteiger partial charge < -0.3 is 36.4 Å². The number of unbranched alkanes of at least 4 members (excludes halogenated alkanes) is 3. The van der Waals surface area contributed by atoms with Gasteiger partial charge >= 0.3 is 0 Å². The predicted octanol–water partition coefficient (Wildman–Crippen LogP) is 0.923. The fourth-order valence-electron chi connectivity index (χ4n) is 4.00. The van der Waals surface area contributed by atoms with E-state index in [1.807, 2.05) is 17.6 Å². The molecule has 1 aliphatic rings. The fourth-order valence-corrected chi connectivity index (χ4v) is 4.00. The molecule has 1 aromatic heterocycles. The third kappa shape index (κ3) is 7.57. The number of aromatic nitrogens is 2. The molecule has 1 saturated heterocycles. The summed E-state index contributed by atoms with van der Waals surface area (Å²) < 4.78 is 6.92. The van der Waals surface area contributed by atoms with Crippen molar-refractivity contribution in [1.29, 1.82) is 5.41 Å². The Kier molecular flexibility index (Phi) is 10.1. The summed E-state index contributed by atoms with van der Waals surface area (Å²) >= 11 is 0. The normalized spacial score (nSPS) is 14.6. The van der Waals surface area contributed by atoms with E-state index in [0.717, 1.165) is 44.3 Å². The number of anilines is 1. The third-order valence-electron chi connectivity index (χ3n) is 5.97. The van der Waals surface area contributed by atoms with Crippen molar-refractivity contribution in [2.24, 2.45) is 5.73 Å². The van der Waals surface area contributed by atoms with Crippen LogP contribution in [0.25, 0.3) is 5.57 Å². The number of hydrogen-bond acceptors (Lipinski definition) is 7. The zero-order valence-electron chi connectivity index (χ0n) is 19.9. The third-order valence-corrected chi connectivity index (χ3v) is 5.97. The van der Waals surface area contributed by atoms with Crippen molar-refractivity contribution in [2.45, 2.75) is 44.6 Å². The zero-order chi connectivity index (χ0) is 25.0. The zero-order valence-corrected chi connectivity index (χ0v) is 19.9. The molecule has 1 fully saturated rings. The van der Waals surface area contributed by atoms with E-state index in [9.17, 15) is 14.7 Å². The van der Waals surface area contributed by atoms with Gasteiger partial charge in [-0.05, 0) is 56.3 Å². The smallest absolute Gasteiger partial charge is 0.255 e. The van der Waals surface area contributed by atoms with Crippen LogP contribution >= 0.6 is 0 Å². The predicted molar refractivity (Wildman–Crippen MR) is 131 cm³/mol. The van der Waals surface area contributed by atoms with Gasteiger partial charge in [0.25, 0.3) is 5.91 Å². The molecule has 0 saturated carbocycles. The van der Waals surface area contributed by atoms with Crippen LogP contribution in [0.1, 0.15) is 71.0 Å². The van der Waals surface area contributed by atoms with Gasteiger partial charge in [-0.3, -0.25) is 9.48 Å². The van der Waals surface area contributed by atoms with Crippen molar-refractivity contribution < 1.29 is 24.7 Å². The maximum atomic E-state index is 12.9. The fraction of sp³-hybridized carbons (Fsp3) is 0.440. The molecule has 35 heavy (non-hydrogen) atoms. The molecule has 2 aromatic rings. The summed E-state index contributed by atoms with van der Waals surface area (Å²) in [7, 11) is 0. The lowest BCUT2D eigenvalue weighted by Gasteiger charge is -2.22. The molecule has 1 aliphatic heterocycles. The Morgan fingerprint density at radius 3 is 2.69 bits per heavy atom. The second-order valence-electron chi connectivity index (χ2n) is 8.53. The van der Waals surface area contributed by atoms with Crippen LogP contribution in [0.5, 0.6) is 0 Å². The maximum Gasteiger partial charge on any atom is 0.255 e. The monoisotopic (exact) mass is 482 g/mol. The minimum Gasteiger partial charge on any atom is -0.543 e. The summed E-state index contributed by atoms with van der Waals surface area (Å²) in [5.74, 6) is -1.92. The summed E-state index contributed by atoms with van der Waals surface area (Å²) in [6.45, 7) is 2.78. The average molecular weight is 483 g/mol. The number of carbonyl (C=O) groups is 2. The minimum absolute atomic E-state index is 0.00743. The highest BCUT2D eigenvalue weighted by molar-refractivity contribution is 6.10. The molecule has 10 heteroatoms. The molecule has 0 aliphatic carbocycles. The highest BCUT2D eigenvalue weighted by atomic mass is 16.5. The summed E-state index contributed by atoms with van der Waals surface area (Å²) in [6, 6.07) is 6.90. The van der Waals surface area contributed by atoms with Gasteiger partial charge in [0.05, 0.1) is 29.8 Å². The van der Waals surface area contributed by atoms with Gasteiger partial charge in [-0.25, -0.2) is 0 Å². The van der Waals surface area contributed by atoms with E-state index in [2.05, 4.69) is 10.4 Å². The number of allylic oxidation sites excluding steroid dienone is 1. The van der Waals surface area contributed by atoms with Crippen LogP contribution in [0.15, 0.2) is 36.7 Å². The van der Waals surface area contributed by atoms with Crippen molar-refractivity contribution in [3.8, 4) is 0 Å². The Morgan fingerprint density at radius 2 is 1.97 bits per heavy atom. The number of hydrogen-bond donors (Lipinski definition) is 4. The van der Waals surface area contributed by atoms with Gasteiger partial charge in [-0.2, -0.15) is 5.10 Å². The molecular weight excluding hydrogens is 448 g/mol. The van der Waals surface area contributed by atoms with E-state index >= 15 is 0 Å². The molecule has 0 unspecified atom stereocenters. The van der Waals surface area contributed by atoms with Crippen LogP contribution in [0, 0.1) is 5.41 Å². The van der Waals surface area contributed by atoms with Gasteiger partial charge in [0, 0.05) is 31.2 Å². The SMILES string of the molecule is N=C/C(=C\[NH2+]CCCCCCN)c1cccc(C(=O)Nc2cn(C3CCOCC3)nc2C(=O)[O-])c1. The van der Waals surface area contributed by atoms with E-state index < -0.39 is 11.9 Å². The number of nitrogens with zero attached hydrogens (tertiary/aromatic N) is 2. The highest BCUT2D eigenvalue weighted by Crippen LogP contribution is 2.24. The number of quaternary nitrogens is 1. The molecule has 188 valence electrons. The van der Waals surface area contributed by atoms with E-state index in [1.165, 1.54) is 12.4 Å². The average Bonchev–Trinajstić information content (AvgIpc) is 3.30. The lowest BCUT2D eigenvalue weighted by molar-refractivity contribution is -0.587. The van der Waals surface area contributed by atoms with Crippen molar-refractivity contribution in [3.05, 3.63) is 53.5 Å². The quantitative estimate of drug-likeness (QED) is 0.245. The number of rotatable bonds is 13. The number of amides is 1. The first kappa shape index (κ1) is 26.3. The Labute approximate surface area is 205 Å². The minimum atomic E-state index is -1.45. The standard InChI is InChI=1S/C25H34N6O4/c26-10-3-1-2-4-11-28-16-20(15-27)18-6-5-7-19(14-18)24(32)29-22-17-31(30-23(22)25(33)34)21-8-12-35-13-9-21/h5-7,14-17,21,27-28H,1-4,8-13,26H2,(H,29,32)(H,33,34)/b20-16+,27-15?. The Morgan fingerprint density at radius 1 is 1.23 bits per heavy atom. The van der Waals surface area contributed by atoms with Crippen molar-refractivity contribution in [3.63, 3.8) is 0 Å². The first-order valence-electron chi connectivity index (χ1n) is 12.1. The Hall–Kier alpha value is -3.34. The largest absolute Gasteiger partial charge is 0.543 e. The molecule has 0 spiro atoms. The van der Waals surface area contributed by atoms with Gasteiger partial charge in [-0.1, -0.05) is 18.6 Å². The van der Waals surface area contributed by atoms with Gasteiger partial charge in [0.15, 0.2) is 0 Å². The van der Waals surface area contributed by atoms with Crippen molar-refractivity contribution in [1.82, 2.24) is 9.78 Å². The number of ether oxygens (including phenoxy) is 1. The number of benzene rings is 1. The van der Waals surface area contributed by atoms with Crippen LogP contribution in [0.3, 0.4) is 0 Å². The van der Waals surface area contributed by atoms with Gasteiger partial charge in [0.2, 0.25) is 0 Å². The first-order valence-corrected chi connectivity index (χ1v) is 12.1. The van der Waals surface area contributed by atoms with E-state index in [1.54, 1.807) is 22.9 Å². The molecule has 1 aromatic carbocycles. The Balaban J connectivity index is 1.68. The summed E-state index contributed by atoms with van der Waals surface area (Å²) in [5, 5.41) is 28.2. The molecule has 0 atom stereocenters. The molecule has 1 amide bonds. The molecule has 0 bridgehead atoms. The highest BCUT2D eigenvalue weighted by Gasteiger charge is 2.21. The number of carboxylic acids is 1. The first-order chi connectivity index (χ1) is 17.0. The molecule has 6 N–H and O–H groups in total. The van der Waals surface area contributed by atoms with E-state index in [0.29, 0.717) is 37.2 Å². The molecule has 2 heterocycles. The molecule has 0 radical (unpaired) electrons. The van der Waals surface area contributed by atoms with Crippen LogP contribution in [-0.4, -0.2) is 54.2 Å². The second kappa shape index (κ2) is 13.5. The van der Waals surface area contributed by atoms with Crippen LogP contribution in [0.4, 0.5) is 5.69 Å². The number of aromatic carboxylic acids is 1. The van der Waals surface area contributed by atoms with Crippen LogP contribution in [0.2, 0.25) is 0 Å².